The number of nitrogens with zero attached hydrogens (tertiary/aromatic N) is 1. The first kappa shape index (κ1) is 22.5. The van der Waals surface area contributed by atoms with Gasteiger partial charge in [0.1, 0.15) is 6.04 Å². The average molecular weight is 438 g/mol. The Morgan fingerprint density at radius 1 is 1.19 bits per heavy atom. The molecule has 0 radical (unpaired) electrons. The third kappa shape index (κ3) is 5.48. The van der Waals surface area contributed by atoms with Gasteiger partial charge in [0.25, 0.3) is 11.6 Å². The van der Waals surface area contributed by atoms with Crippen molar-refractivity contribution < 1.29 is 24.0 Å². The van der Waals surface area contributed by atoms with E-state index in [1.165, 1.54) is 25.1 Å². The highest BCUT2D eigenvalue weighted by molar-refractivity contribution is 5.94. The molecule has 1 unspecified atom stereocenters. The van der Waals surface area contributed by atoms with E-state index in [0.29, 0.717) is 11.3 Å². The number of aryl methyl sites for hydroxylation is 1. The number of para-hydroxylation sites is 1. The number of amides is 2. The number of rotatable bonds is 8. The number of carbonyl (C=O) groups is 3. The summed E-state index contributed by atoms with van der Waals surface area (Å²) in [6.07, 6.45) is 1.95. The van der Waals surface area contributed by atoms with Gasteiger partial charge in [0, 0.05) is 48.3 Å². The number of hydrogen-bond donors (Lipinski definition) is 3. The second-order valence-electron chi connectivity index (χ2n) is 7.23. The lowest BCUT2D eigenvalue weighted by atomic mass is 10.0. The summed E-state index contributed by atoms with van der Waals surface area (Å²) < 4.78 is 5.12. The van der Waals surface area contributed by atoms with Crippen molar-refractivity contribution in [1.82, 2.24) is 10.3 Å². The molecule has 0 aliphatic heterocycles. The average Bonchev–Trinajstić information content (AvgIpc) is 3.15. The van der Waals surface area contributed by atoms with Crippen molar-refractivity contribution in [2.75, 3.05) is 11.9 Å². The van der Waals surface area contributed by atoms with Crippen LogP contribution in [0.4, 0.5) is 11.4 Å². The number of carbonyl (C=O) groups excluding carboxylic acids is 3. The van der Waals surface area contributed by atoms with E-state index in [1.54, 1.807) is 13.1 Å². The largest absolute Gasteiger partial charge is 0.454 e. The second kappa shape index (κ2) is 9.73. The highest BCUT2D eigenvalue weighted by atomic mass is 16.6. The maximum absolute atomic E-state index is 12.6. The number of fused-ring (bicyclic) bond motifs is 1. The van der Waals surface area contributed by atoms with Gasteiger partial charge in [0.2, 0.25) is 5.91 Å². The van der Waals surface area contributed by atoms with Crippen LogP contribution in [0.15, 0.2) is 48.7 Å². The van der Waals surface area contributed by atoms with Gasteiger partial charge in [-0.05, 0) is 30.2 Å². The zero-order valence-corrected chi connectivity index (χ0v) is 17.5. The van der Waals surface area contributed by atoms with Crippen LogP contribution in [0.3, 0.4) is 0 Å². The van der Waals surface area contributed by atoms with Crippen molar-refractivity contribution in [2.45, 2.75) is 26.3 Å². The Hall–Kier alpha value is -4.21. The molecule has 0 saturated heterocycles. The predicted octanol–water partition coefficient (Wildman–Crippen LogP) is 2.61. The molecule has 1 heterocycles. The third-order valence-corrected chi connectivity index (χ3v) is 4.80. The van der Waals surface area contributed by atoms with Crippen molar-refractivity contribution in [1.29, 1.82) is 0 Å². The van der Waals surface area contributed by atoms with E-state index in [0.717, 1.165) is 16.5 Å². The molecule has 10 heteroatoms. The molecule has 166 valence electrons. The van der Waals surface area contributed by atoms with E-state index in [4.69, 9.17) is 4.74 Å². The first-order chi connectivity index (χ1) is 15.2. The quantitative estimate of drug-likeness (QED) is 0.280. The van der Waals surface area contributed by atoms with Crippen LogP contribution in [0.5, 0.6) is 0 Å². The summed E-state index contributed by atoms with van der Waals surface area (Å²) in [6.45, 7) is 2.33. The molecule has 2 amide bonds. The summed E-state index contributed by atoms with van der Waals surface area (Å²) in [7, 11) is 0. The molecule has 0 bridgehead atoms. The van der Waals surface area contributed by atoms with Gasteiger partial charge < -0.3 is 20.4 Å². The number of nitro groups is 1. The summed E-state index contributed by atoms with van der Waals surface area (Å²) in [6, 6.07) is 10.6. The van der Waals surface area contributed by atoms with E-state index in [1.807, 2.05) is 24.3 Å². The Bertz CT molecular complexity index is 1190. The van der Waals surface area contributed by atoms with E-state index >= 15 is 0 Å². The number of benzene rings is 2. The molecule has 10 nitrogen and oxygen atoms in total. The molecule has 0 spiro atoms. The van der Waals surface area contributed by atoms with Crippen molar-refractivity contribution in [3.8, 4) is 0 Å². The molecule has 3 N–H and O–H groups in total. The van der Waals surface area contributed by atoms with Crippen LogP contribution in [-0.4, -0.2) is 40.3 Å². The van der Waals surface area contributed by atoms with E-state index < -0.39 is 35.4 Å². The lowest BCUT2D eigenvalue weighted by Gasteiger charge is -2.16. The minimum atomic E-state index is -0.972. The number of esters is 1. The Morgan fingerprint density at radius 3 is 2.62 bits per heavy atom. The predicted molar refractivity (Wildman–Crippen MR) is 117 cm³/mol. The number of aromatic amines is 1. The summed E-state index contributed by atoms with van der Waals surface area (Å²) in [5.41, 5.74) is 2.49. The second-order valence-corrected chi connectivity index (χ2v) is 7.23. The third-order valence-electron chi connectivity index (χ3n) is 4.80. The fraction of sp³-hybridized carbons (Fsp3) is 0.227. The summed E-state index contributed by atoms with van der Waals surface area (Å²) in [5, 5.41) is 16.8. The summed E-state index contributed by atoms with van der Waals surface area (Å²) in [5.74, 6) is -1.76. The van der Waals surface area contributed by atoms with Gasteiger partial charge in [-0.3, -0.25) is 19.7 Å². The number of non-ortho nitro benzene ring substituents is 1. The fourth-order valence-corrected chi connectivity index (χ4v) is 3.28. The molecule has 0 saturated carbocycles. The van der Waals surface area contributed by atoms with Gasteiger partial charge in [-0.15, -0.1) is 0 Å². The van der Waals surface area contributed by atoms with Gasteiger partial charge in [-0.2, -0.15) is 0 Å². The Labute approximate surface area is 183 Å². The number of H-pyrrole nitrogens is 1. The SMILES string of the molecule is CC(=O)NC(Cc1c[nH]c2ccccc12)C(=O)OCC(=O)Nc1ccc([N+](=O)[O-])cc1C. The molecule has 0 aliphatic rings. The number of anilines is 1. The van der Waals surface area contributed by atoms with Gasteiger partial charge in [0.05, 0.1) is 4.92 Å². The number of nitrogens with one attached hydrogen (secondary N) is 3. The highest BCUT2D eigenvalue weighted by Gasteiger charge is 2.24. The number of hydrogen-bond acceptors (Lipinski definition) is 6. The van der Waals surface area contributed by atoms with E-state index in [9.17, 15) is 24.5 Å². The van der Waals surface area contributed by atoms with Gasteiger partial charge >= 0.3 is 5.97 Å². The van der Waals surface area contributed by atoms with Crippen LogP contribution >= 0.6 is 0 Å². The van der Waals surface area contributed by atoms with Gasteiger partial charge in [-0.25, -0.2) is 4.79 Å². The van der Waals surface area contributed by atoms with E-state index in [2.05, 4.69) is 15.6 Å². The van der Waals surface area contributed by atoms with Crippen molar-refractivity contribution in [3.05, 3.63) is 69.9 Å². The standard InChI is InChI=1S/C22H22N4O6/c1-13-9-16(26(30)31)7-8-18(13)25-21(28)12-32-22(29)20(24-14(2)27)10-15-11-23-19-6-4-3-5-17(15)19/h3-9,11,20,23H,10,12H2,1-2H3,(H,24,27)(H,25,28). The zero-order chi connectivity index (χ0) is 23.3. The molecule has 3 rings (SSSR count). The van der Waals surface area contributed by atoms with Crippen LogP contribution in [-0.2, 0) is 25.5 Å². The first-order valence-electron chi connectivity index (χ1n) is 9.78. The molecule has 0 aliphatic carbocycles. The smallest absolute Gasteiger partial charge is 0.329 e. The van der Waals surface area contributed by atoms with Gasteiger partial charge in [0.15, 0.2) is 6.61 Å². The highest BCUT2D eigenvalue weighted by Crippen LogP contribution is 2.21. The van der Waals surface area contributed by atoms with E-state index in [-0.39, 0.29) is 12.1 Å². The Kier molecular flexibility index (Phi) is 6.83. The topological polar surface area (TPSA) is 143 Å². The molecule has 1 aromatic heterocycles. The van der Waals surface area contributed by atoms with Crippen LogP contribution in [0.2, 0.25) is 0 Å². The molecule has 1 atom stereocenters. The maximum Gasteiger partial charge on any atom is 0.329 e. The zero-order valence-electron chi connectivity index (χ0n) is 17.5. The van der Waals surface area contributed by atoms with Crippen molar-refractivity contribution in [3.63, 3.8) is 0 Å². The summed E-state index contributed by atoms with van der Waals surface area (Å²) in [4.78, 5) is 49.8. The molecule has 32 heavy (non-hydrogen) atoms. The normalized spacial score (nSPS) is 11.6. The molecular weight excluding hydrogens is 416 g/mol. The molecular formula is C22H22N4O6. The Morgan fingerprint density at radius 2 is 1.94 bits per heavy atom. The lowest BCUT2D eigenvalue weighted by molar-refractivity contribution is -0.384. The number of aromatic nitrogens is 1. The van der Waals surface area contributed by atoms with Crippen LogP contribution in [0.1, 0.15) is 18.1 Å². The first-order valence-corrected chi connectivity index (χ1v) is 9.78. The minimum absolute atomic E-state index is 0.0950. The maximum atomic E-state index is 12.6. The van der Waals surface area contributed by atoms with Crippen molar-refractivity contribution in [2.24, 2.45) is 0 Å². The van der Waals surface area contributed by atoms with Gasteiger partial charge in [-0.1, -0.05) is 18.2 Å². The van der Waals surface area contributed by atoms with Crippen LogP contribution < -0.4 is 10.6 Å². The fourth-order valence-electron chi connectivity index (χ4n) is 3.28. The Balaban J connectivity index is 1.63. The van der Waals surface area contributed by atoms with Crippen molar-refractivity contribution >= 4 is 40.1 Å². The molecule has 2 aromatic carbocycles. The van der Waals surface area contributed by atoms with Crippen LogP contribution in [0, 0.1) is 17.0 Å². The number of ether oxygens (including phenoxy) is 1. The molecule has 0 fully saturated rings. The van der Waals surface area contributed by atoms with Crippen LogP contribution in [0.25, 0.3) is 10.9 Å². The monoisotopic (exact) mass is 438 g/mol. The number of nitro benzene ring substituents is 1. The summed E-state index contributed by atoms with van der Waals surface area (Å²) >= 11 is 0. The molecule has 3 aromatic rings. The minimum Gasteiger partial charge on any atom is -0.454 e. The lowest BCUT2D eigenvalue weighted by Crippen LogP contribution is -2.43.